The molecule has 0 fully saturated rings. The molecule has 0 amide bonds. The molecule has 0 unspecified atom stereocenters. The maximum Gasteiger partial charge on any atom is 0.0922 e. The minimum absolute atomic E-state index is 0.389. The van der Waals surface area contributed by atoms with Crippen LogP contribution in [0.25, 0.3) is 0 Å². The van der Waals surface area contributed by atoms with Gasteiger partial charge in [0.05, 0.1) is 22.8 Å². The first-order valence-corrected chi connectivity index (χ1v) is 12.1. The summed E-state index contributed by atoms with van der Waals surface area (Å²) < 4.78 is 1.88. The van der Waals surface area contributed by atoms with E-state index in [9.17, 15) is 0 Å². The molecule has 0 spiro atoms. The van der Waals surface area contributed by atoms with Gasteiger partial charge in [0.2, 0.25) is 0 Å². The number of rotatable bonds is 6. The average Bonchev–Trinajstić information content (AvgIpc) is 2.74. The van der Waals surface area contributed by atoms with E-state index in [0.717, 1.165) is 37.3 Å². The van der Waals surface area contributed by atoms with Crippen molar-refractivity contribution in [1.82, 2.24) is 0 Å². The summed E-state index contributed by atoms with van der Waals surface area (Å²) in [6, 6.07) is 22.8. The molecule has 3 rings (SSSR count). The maximum atomic E-state index is 5.19. The molecule has 0 bridgehead atoms. The van der Waals surface area contributed by atoms with E-state index in [1.807, 2.05) is 36.4 Å². The molecule has 0 aliphatic rings. The van der Waals surface area contributed by atoms with E-state index in [1.54, 1.807) is 0 Å². The molecule has 0 saturated heterocycles. The van der Waals surface area contributed by atoms with Gasteiger partial charge in [-0.15, -0.1) is 0 Å². The van der Waals surface area contributed by atoms with E-state index in [4.69, 9.17) is 9.98 Å². The van der Waals surface area contributed by atoms with Gasteiger partial charge in [0.15, 0.2) is 0 Å². The van der Waals surface area contributed by atoms with Crippen LogP contribution in [0.1, 0.15) is 63.1 Å². The van der Waals surface area contributed by atoms with Gasteiger partial charge >= 0.3 is 0 Å². The third kappa shape index (κ3) is 5.61. The van der Waals surface area contributed by atoms with Crippen molar-refractivity contribution in [3.63, 3.8) is 0 Å². The molecule has 0 atom stereocenters. The molecule has 0 N–H and O–H groups in total. The lowest BCUT2D eigenvalue weighted by atomic mass is 9.92. The van der Waals surface area contributed by atoms with Crippen LogP contribution in [0.3, 0.4) is 0 Å². The highest BCUT2D eigenvalue weighted by Crippen LogP contribution is 2.36. The van der Waals surface area contributed by atoms with Crippen LogP contribution >= 0.6 is 31.9 Å². The molecule has 3 aromatic rings. The van der Waals surface area contributed by atoms with Gasteiger partial charge in [-0.25, -0.2) is 4.99 Å². The lowest BCUT2D eigenvalue weighted by Crippen LogP contribution is -2.12. The van der Waals surface area contributed by atoms with Crippen molar-refractivity contribution in [2.24, 2.45) is 9.98 Å². The van der Waals surface area contributed by atoms with Crippen molar-refractivity contribution in [2.75, 3.05) is 0 Å². The minimum Gasteiger partial charge on any atom is -0.251 e. The molecular formula is C27H28Br2N2. The van der Waals surface area contributed by atoms with Gasteiger partial charge in [-0.05, 0) is 73.9 Å². The van der Waals surface area contributed by atoms with E-state index in [1.165, 1.54) is 11.1 Å². The zero-order valence-corrected chi connectivity index (χ0v) is 21.8. The van der Waals surface area contributed by atoms with Crippen LogP contribution in [0.2, 0.25) is 0 Å². The third-order valence-corrected chi connectivity index (χ3v) is 6.45. The predicted octanol–water partition coefficient (Wildman–Crippen LogP) is 9.37. The van der Waals surface area contributed by atoms with Crippen LogP contribution in [-0.4, -0.2) is 11.4 Å². The van der Waals surface area contributed by atoms with E-state index in [0.29, 0.717) is 11.8 Å². The zero-order chi connectivity index (χ0) is 22.5. The van der Waals surface area contributed by atoms with Gasteiger partial charge in [-0.1, -0.05) is 82.3 Å². The van der Waals surface area contributed by atoms with Crippen molar-refractivity contribution in [1.29, 1.82) is 0 Å². The molecule has 0 heterocycles. The van der Waals surface area contributed by atoms with Crippen molar-refractivity contribution < 1.29 is 0 Å². The SMILES string of the molecule is CC(=N\c1c(C(C)C)cccc1C(C)C)/C(=N/c1c(Br)cccc1Br)c1ccccc1. The van der Waals surface area contributed by atoms with E-state index in [2.05, 4.69) is 96.8 Å². The average molecular weight is 540 g/mol. The maximum absolute atomic E-state index is 5.19. The second kappa shape index (κ2) is 10.5. The van der Waals surface area contributed by atoms with Crippen molar-refractivity contribution in [3.8, 4) is 0 Å². The molecule has 0 aromatic heterocycles. The summed E-state index contributed by atoms with van der Waals surface area (Å²) in [4.78, 5) is 10.3. The highest BCUT2D eigenvalue weighted by Gasteiger charge is 2.16. The standard InChI is InChI=1S/C27H28Br2N2/c1-17(2)21-13-9-14-22(18(3)4)26(21)30-19(5)25(20-11-7-6-8-12-20)31-27-23(28)15-10-16-24(27)29/h6-18H,1-5H3/b30-19+,31-25-. The van der Waals surface area contributed by atoms with Gasteiger partial charge in [-0.2, -0.15) is 0 Å². The molecular weight excluding hydrogens is 512 g/mol. The third-order valence-electron chi connectivity index (χ3n) is 5.17. The molecule has 31 heavy (non-hydrogen) atoms. The van der Waals surface area contributed by atoms with Crippen LogP contribution < -0.4 is 0 Å². The molecule has 0 aliphatic heterocycles. The summed E-state index contributed by atoms with van der Waals surface area (Å²) in [6.45, 7) is 10.9. The van der Waals surface area contributed by atoms with Crippen LogP contribution in [0, 0.1) is 0 Å². The Hall–Kier alpha value is -2.04. The van der Waals surface area contributed by atoms with Crippen LogP contribution in [0.15, 0.2) is 85.7 Å². The highest BCUT2D eigenvalue weighted by molar-refractivity contribution is 9.11. The first-order valence-electron chi connectivity index (χ1n) is 10.6. The van der Waals surface area contributed by atoms with Gasteiger partial charge in [-0.3, -0.25) is 4.99 Å². The van der Waals surface area contributed by atoms with Gasteiger partial charge < -0.3 is 0 Å². The molecule has 3 aromatic carbocycles. The molecule has 160 valence electrons. The monoisotopic (exact) mass is 538 g/mol. The topological polar surface area (TPSA) is 24.7 Å². The summed E-state index contributed by atoms with van der Waals surface area (Å²) in [6.07, 6.45) is 0. The number of nitrogens with zero attached hydrogens (tertiary/aromatic N) is 2. The molecule has 4 heteroatoms. The Morgan fingerprint density at radius 3 is 1.68 bits per heavy atom. The lowest BCUT2D eigenvalue weighted by molar-refractivity contribution is 0.835. The quantitative estimate of drug-likeness (QED) is 0.279. The van der Waals surface area contributed by atoms with E-state index >= 15 is 0 Å². The largest absolute Gasteiger partial charge is 0.251 e. The lowest BCUT2D eigenvalue weighted by Gasteiger charge is -2.18. The molecule has 0 saturated carbocycles. The van der Waals surface area contributed by atoms with Crippen LogP contribution in [-0.2, 0) is 0 Å². The summed E-state index contributed by atoms with van der Waals surface area (Å²) in [7, 11) is 0. The number of para-hydroxylation sites is 2. The van der Waals surface area contributed by atoms with Crippen molar-refractivity contribution >= 4 is 54.7 Å². The number of halogens is 2. The number of hydrogen-bond acceptors (Lipinski definition) is 2. The van der Waals surface area contributed by atoms with Crippen molar-refractivity contribution in [2.45, 2.75) is 46.5 Å². The fourth-order valence-corrected chi connectivity index (χ4v) is 4.70. The molecule has 2 nitrogen and oxygen atoms in total. The Morgan fingerprint density at radius 2 is 1.16 bits per heavy atom. The van der Waals surface area contributed by atoms with Crippen LogP contribution in [0.5, 0.6) is 0 Å². The smallest absolute Gasteiger partial charge is 0.0922 e. The summed E-state index contributed by atoms with van der Waals surface area (Å²) >= 11 is 7.30. The van der Waals surface area contributed by atoms with Gasteiger partial charge in [0.25, 0.3) is 0 Å². The van der Waals surface area contributed by atoms with Gasteiger partial charge in [0, 0.05) is 14.5 Å². The van der Waals surface area contributed by atoms with Crippen LogP contribution in [0.4, 0.5) is 11.4 Å². The summed E-state index contributed by atoms with van der Waals surface area (Å²) in [5.74, 6) is 0.777. The van der Waals surface area contributed by atoms with Crippen molar-refractivity contribution in [3.05, 3.63) is 92.4 Å². The number of hydrogen-bond donors (Lipinski definition) is 0. The highest BCUT2D eigenvalue weighted by atomic mass is 79.9. The van der Waals surface area contributed by atoms with E-state index < -0.39 is 0 Å². The second-order valence-electron chi connectivity index (χ2n) is 8.19. The van der Waals surface area contributed by atoms with Gasteiger partial charge in [0.1, 0.15) is 0 Å². The number of benzene rings is 3. The summed E-state index contributed by atoms with van der Waals surface area (Å²) in [5.41, 5.74) is 7.25. The summed E-state index contributed by atoms with van der Waals surface area (Å²) in [5, 5.41) is 0. The minimum atomic E-state index is 0.389. The Balaban J connectivity index is 2.25. The fraction of sp³-hybridized carbons (Fsp3) is 0.259. The Morgan fingerprint density at radius 1 is 0.645 bits per heavy atom. The molecule has 0 radical (unpaired) electrons. The Labute approximate surface area is 202 Å². The Bertz CT molecular complexity index is 1070. The first-order chi connectivity index (χ1) is 14.8. The second-order valence-corrected chi connectivity index (χ2v) is 9.90. The number of aliphatic imine (C=N–C) groups is 2. The fourth-order valence-electron chi connectivity index (χ4n) is 3.52. The predicted molar refractivity (Wildman–Crippen MR) is 142 cm³/mol. The zero-order valence-electron chi connectivity index (χ0n) is 18.7. The molecule has 0 aliphatic carbocycles. The Kier molecular flexibility index (Phi) is 8.01. The van der Waals surface area contributed by atoms with E-state index in [-0.39, 0.29) is 0 Å². The first kappa shape index (κ1) is 23.6. The normalized spacial score (nSPS) is 12.7.